The molecule has 0 bridgehead atoms. The maximum Gasteiger partial charge on any atom is 0.339 e. The SMILES string of the molecule is COCC(C)(C)NCc1occc1C(=O)O. The van der Waals surface area contributed by atoms with E-state index < -0.39 is 5.97 Å². The molecule has 1 rings (SSSR count). The Hall–Kier alpha value is -1.33. The van der Waals surface area contributed by atoms with Crippen LogP contribution in [0.3, 0.4) is 0 Å². The molecule has 0 saturated carbocycles. The fourth-order valence-electron chi connectivity index (χ4n) is 1.40. The number of hydrogen-bond donors (Lipinski definition) is 2. The van der Waals surface area contributed by atoms with Crippen LogP contribution >= 0.6 is 0 Å². The first-order chi connectivity index (χ1) is 7.46. The van der Waals surface area contributed by atoms with Gasteiger partial charge in [0.05, 0.1) is 19.4 Å². The molecule has 0 spiro atoms. The number of ether oxygens (including phenoxy) is 1. The topological polar surface area (TPSA) is 71.7 Å². The first kappa shape index (κ1) is 12.7. The lowest BCUT2D eigenvalue weighted by Gasteiger charge is -2.24. The van der Waals surface area contributed by atoms with Gasteiger partial charge in [0.2, 0.25) is 0 Å². The van der Waals surface area contributed by atoms with Gasteiger partial charge in [-0.2, -0.15) is 0 Å². The second-order valence-corrected chi connectivity index (χ2v) is 4.23. The summed E-state index contributed by atoms with van der Waals surface area (Å²) < 4.78 is 10.2. The van der Waals surface area contributed by atoms with Gasteiger partial charge in [0.1, 0.15) is 11.3 Å². The van der Waals surface area contributed by atoms with Gasteiger partial charge in [0.25, 0.3) is 0 Å². The van der Waals surface area contributed by atoms with Crippen molar-refractivity contribution in [2.75, 3.05) is 13.7 Å². The molecule has 0 aromatic carbocycles. The Morgan fingerprint density at radius 2 is 2.31 bits per heavy atom. The maximum absolute atomic E-state index is 10.8. The third-order valence-corrected chi connectivity index (χ3v) is 2.21. The molecule has 0 fully saturated rings. The van der Waals surface area contributed by atoms with Gasteiger partial charge in [-0.15, -0.1) is 0 Å². The van der Waals surface area contributed by atoms with Crippen LogP contribution in [0.15, 0.2) is 16.7 Å². The summed E-state index contributed by atoms with van der Waals surface area (Å²) in [4.78, 5) is 10.8. The standard InChI is InChI=1S/C11H17NO4/c1-11(2,7-15-3)12-6-9-8(10(13)14)4-5-16-9/h4-5,12H,6-7H2,1-3H3,(H,13,14). The predicted octanol–water partition coefficient (Wildman–Crippen LogP) is 1.49. The molecular weight excluding hydrogens is 210 g/mol. The van der Waals surface area contributed by atoms with E-state index in [1.807, 2.05) is 13.8 Å². The molecule has 0 aliphatic heterocycles. The summed E-state index contributed by atoms with van der Waals surface area (Å²) in [6.07, 6.45) is 1.38. The van der Waals surface area contributed by atoms with Crippen molar-refractivity contribution in [3.05, 3.63) is 23.7 Å². The minimum Gasteiger partial charge on any atom is -0.478 e. The minimum absolute atomic E-state index is 0.195. The Morgan fingerprint density at radius 1 is 1.62 bits per heavy atom. The molecule has 0 aliphatic carbocycles. The van der Waals surface area contributed by atoms with E-state index in [4.69, 9.17) is 14.3 Å². The summed E-state index contributed by atoms with van der Waals surface area (Å²) in [5.41, 5.74) is -0.0298. The highest BCUT2D eigenvalue weighted by Crippen LogP contribution is 2.12. The molecule has 0 radical (unpaired) electrons. The molecule has 0 saturated heterocycles. The molecule has 5 heteroatoms. The number of carbonyl (C=O) groups is 1. The fraction of sp³-hybridized carbons (Fsp3) is 0.545. The summed E-state index contributed by atoms with van der Waals surface area (Å²) in [6, 6.07) is 1.45. The van der Waals surface area contributed by atoms with Gasteiger partial charge in [-0.05, 0) is 19.9 Å². The Morgan fingerprint density at radius 3 is 2.88 bits per heavy atom. The van der Waals surface area contributed by atoms with Crippen LogP contribution in [0, 0.1) is 0 Å². The maximum atomic E-state index is 10.8. The third-order valence-electron chi connectivity index (χ3n) is 2.21. The van der Waals surface area contributed by atoms with Crippen molar-refractivity contribution in [1.82, 2.24) is 5.32 Å². The van der Waals surface area contributed by atoms with E-state index in [2.05, 4.69) is 5.32 Å². The Kier molecular flexibility index (Phi) is 4.09. The van der Waals surface area contributed by atoms with Crippen LogP contribution in [0.25, 0.3) is 0 Å². The lowest BCUT2D eigenvalue weighted by Crippen LogP contribution is -2.42. The Bertz CT molecular complexity index is 357. The van der Waals surface area contributed by atoms with Crippen molar-refractivity contribution >= 4 is 5.97 Å². The summed E-state index contributed by atoms with van der Waals surface area (Å²) in [5.74, 6) is -0.549. The van der Waals surface area contributed by atoms with Crippen LogP contribution in [0.4, 0.5) is 0 Å². The number of nitrogens with one attached hydrogen (secondary N) is 1. The molecule has 1 aromatic heterocycles. The number of carboxylic acid groups (broad SMARTS) is 1. The quantitative estimate of drug-likeness (QED) is 0.770. The lowest BCUT2D eigenvalue weighted by molar-refractivity contribution is 0.0693. The van der Waals surface area contributed by atoms with E-state index in [1.165, 1.54) is 12.3 Å². The molecule has 0 aliphatic rings. The molecule has 0 atom stereocenters. The summed E-state index contributed by atoms with van der Waals surface area (Å²) >= 11 is 0. The van der Waals surface area contributed by atoms with Gasteiger partial charge in [-0.25, -0.2) is 4.79 Å². The third kappa shape index (κ3) is 3.36. The van der Waals surface area contributed by atoms with Crippen LogP contribution in [0.5, 0.6) is 0 Å². The van der Waals surface area contributed by atoms with Crippen LogP contribution in [0.1, 0.15) is 30.0 Å². The Balaban J connectivity index is 2.61. The molecule has 5 nitrogen and oxygen atoms in total. The summed E-state index contributed by atoms with van der Waals surface area (Å²) in [7, 11) is 1.62. The zero-order chi connectivity index (χ0) is 12.2. The molecule has 16 heavy (non-hydrogen) atoms. The first-order valence-corrected chi connectivity index (χ1v) is 5.00. The van der Waals surface area contributed by atoms with Crippen LogP contribution in [-0.4, -0.2) is 30.3 Å². The van der Waals surface area contributed by atoms with Gasteiger partial charge in [-0.1, -0.05) is 0 Å². The monoisotopic (exact) mass is 227 g/mol. The number of hydrogen-bond acceptors (Lipinski definition) is 4. The molecule has 2 N–H and O–H groups in total. The number of carboxylic acids is 1. The zero-order valence-corrected chi connectivity index (χ0v) is 9.74. The molecule has 0 amide bonds. The van der Waals surface area contributed by atoms with E-state index in [1.54, 1.807) is 7.11 Å². The van der Waals surface area contributed by atoms with E-state index >= 15 is 0 Å². The number of rotatable bonds is 6. The summed E-state index contributed by atoms with van der Waals surface area (Å²) in [5, 5.41) is 12.1. The van der Waals surface area contributed by atoms with Crippen molar-refractivity contribution < 1.29 is 19.1 Å². The lowest BCUT2D eigenvalue weighted by atomic mass is 10.1. The number of methoxy groups -OCH3 is 1. The van der Waals surface area contributed by atoms with Crippen LogP contribution in [0.2, 0.25) is 0 Å². The van der Waals surface area contributed by atoms with Crippen molar-refractivity contribution in [3.63, 3.8) is 0 Å². The van der Waals surface area contributed by atoms with Crippen molar-refractivity contribution in [2.24, 2.45) is 0 Å². The number of aromatic carboxylic acids is 1. The van der Waals surface area contributed by atoms with E-state index in [0.29, 0.717) is 18.9 Å². The zero-order valence-electron chi connectivity index (χ0n) is 9.74. The largest absolute Gasteiger partial charge is 0.478 e. The second kappa shape index (κ2) is 5.14. The van der Waals surface area contributed by atoms with Crippen molar-refractivity contribution in [3.8, 4) is 0 Å². The Labute approximate surface area is 94.4 Å². The van der Waals surface area contributed by atoms with Gasteiger partial charge < -0.3 is 19.6 Å². The molecule has 0 unspecified atom stereocenters. The second-order valence-electron chi connectivity index (χ2n) is 4.23. The van der Waals surface area contributed by atoms with Crippen LogP contribution < -0.4 is 5.32 Å². The highest BCUT2D eigenvalue weighted by molar-refractivity contribution is 5.88. The average molecular weight is 227 g/mol. The van der Waals surface area contributed by atoms with Gasteiger partial charge in [0.15, 0.2) is 0 Å². The first-order valence-electron chi connectivity index (χ1n) is 5.00. The fourth-order valence-corrected chi connectivity index (χ4v) is 1.40. The normalized spacial score (nSPS) is 11.7. The van der Waals surface area contributed by atoms with E-state index in [-0.39, 0.29) is 11.1 Å². The highest BCUT2D eigenvalue weighted by atomic mass is 16.5. The highest BCUT2D eigenvalue weighted by Gasteiger charge is 2.19. The average Bonchev–Trinajstić information content (AvgIpc) is 2.62. The molecule has 1 aromatic rings. The molecule has 90 valence electrons. The van der Waals surface area contributed by atoms with Crippen molar-refractivity contribution in [2.45, 2.75) is 25.9 Å². The van der Waals surface area contributed by atoms with Gasteiger partial charge in [-0.3, -0.25) is 0 Å². The van der Waals surface area contributed by atoms with E-state index in [9.17, 15) is 4.79 Å². The molecular formula is C11H17NO4. The van der Waals surface area contributed by atoms with Gasteiger partial charge >= 0.3 is 5.97 Å². The van der Waals surface area contributed by atoms with Crippen LogP contribution in [-0.2, 0) is 11.3 Å². The summed E-state index contributed by atoms with van der Waals surface area (Å²) in [6.45, 7) is 4.85. The van der Waals surface area contributed by atoms with E-state index in [0.717, 1.165) is 0 Å². The van der Waals surface area contributed by atoms with Crippen molar-refractivity contribution in [1.29, 1.82) is 0 Å². The predicted molar refractivity (Wildman–Crippen MR) is 58.5 cm³/mol. The smallest absolute Gasteiger partial charge is 0.339 e. The minimum atomic E-state index is -0.977. The number of furan rings is 1. The molecule has 1 heterocycles. The van der Waals surface area contributed by atoms with Gasteiger partial charge in [0, 0.05) is 12.6 Å².